The molecule has 1 N–H and O–H groups in total. The summed E-state index contributed by atoms with van der Waals surface area (Å²) in [5.74, 6) is 0.582. The molecular formula is C17H19N5O. The van der Waals surface area contributed by atoms with Crippen molar-refractivity contribution in [2.24, 2.45) is 0 Å². The first-order valence-electron chi connectivity index (χ1n) is 7.99. The summed E-state index contributed by atoms with van der Waals surface area (Å²) >= 11 is 0. The van der Waals surface area contributed by atoms with Gasteiger partial charge in [-0.2, -0.15) is 10.2 Å². The number of hydrogen-bond donors (Lipinski definition) is 1. The van der Waals surface area contributed by atoms with E-state index in [1.807, 2.05) is 46.1 Å². The third-order valence-electron chi connectivity index (χ3n) is 4.59. The highest BCUT2D eigenvalue weighted by molar-refractivity contribution is 5.79. The Bertz CT molecular complexity index is 807. The Kier molecular flexibility index (Phi) is 3.57. The zero-order valence-electron chi connectivity index (χ0n) is 12.9. The number of carbonyl (C=O) groups excluding carboxylic acids is 1. The number of para-hydroxylation sites is 1. The molecule has 4 rings (SSSR count). The van der Waals surface area contributed by atoms with Crippen molar-refractivity contribution in [3.8, 4) is 0 Å². The number of carbonyl (C=O) groups is 1. The van der Waals surface area contributed by atoms with Crippen LogP contribution in [0.5, 0.6) is 0 Å². The zero-order chi connectivity index (χ0) is 15.6. The molecule has 0 spiro atoms. The third kappa shape index (κ3) is 2.72. The van der Waals surface area contributed by atoms with Crippen LogP contribution in [0.3, 0.4) is 0 Å². The number of rotatable bonds is 4. The number of aromatic nitrogens is 4. The normalized spacial score (nSPS) is 17.9. The number of hydrogen-bond acceptors (Lipinski definition) is 3. The van der Waals surface area contributed by atoms with Gasteiger partial charge in [0.1, 0.15) is 0 Å². The lowest BCUT2D eigenvalue weighted by Crippen LogP contribution is -2.29. The van der Waals surface area contributed by atoms with Crippen molar-refractivity contribution in [1.82, 2.24) is 24.9 Å². The monoisotopic (exact) mass is 309 g/mol. The van der Waals surface area contributed by atoms with Crippen LogP contribution in [0.4, 0.5) is 0 Å². The summed E-state index contributed by atoms with van der Waals surface area (Å²) in [6, 6.07) is 10.1. The van der Waals surface area contributed by atoms with E-state index < -0.39 is 0 Å². The van der Waals surface area contributed by atoms with Gasteiger partial charge in [0, 0.05) is 42.7 Å². The standard InChI is InChI=1S/C17H19N5O/c23-17(21-9-6-14(12-21)15-5-8-18-20-15)7-10-22-16-4-2-1-3-13(16)11-19-22/h1-5,8,11,14H,6-7,9-10,12H2,(H,18,20)/t14-/m0/s1. The molecule has 118 valence electrons. The summed E-state index contributed by atoms with van der Waals surface area (Å²) in [6.45, 7) is 2.22. The molecule has 2 aromatic heterocycles. The van der Waals surface area contributed by atoms with Crippen molar-refractivity contribution in [3.05, 3.63) is 48.4 Å². The van der Waals surface area contributed by atoms with Crippen LogP contribution in [0, 0.1) is 0 Å². The summed E-state index contributed by atoms with van der Waals surface area (Å²) < 4.78 is 1.91. The lowest BCUT2D eigenvalue weighted by molar-refractivity contribution is -0.130. The summed E-state index contributed by atoms with van der Waals surface area (Å²) in [5.41, 5.74) is 2.20. The maximum Gasteiger partial charge on any atom is 0.224 e. The maximum atomic E-state index is 12.5. The second kappa shape index (κ2) is 5.87. The minimum atomic E-state index is 0.201. The summed E-state index contributed by atoms with van der Waals surface area (Å²) in [7, 11) is 0. The lowest BCUT2D eigenvalue weighted by atomic mass is 10.1. The maximum absolute atomic E-state index is 12.5. The smallest absolute Gasteiger partial charge is 0.224 e. The highest BCUT2D eigenvalue weighted by atomic mass is 16.2. The molecule has 3 heterocycles. The number of likely N-dealkylation sites (tertiary alicyclic amines) is 1. The van der Waals surface area contributed by atoms with Crippen molar-refractivity contribution < 1.29 is 4.79 Å². The van der Waals surface area contributed by atoms with Crippen LogP contribution in [-0.2, 0) is 11.3 Å². The number of aromatic amines is 1. The van der Waals surface area contributed by atoms with Crippen molar-refractivity contribution in [2.45, 2.75) is 25.3 Å². The first-order chi connectivity index (χ1) is 11.3. The van der Waals surface area contributed by atoms with E-state index in [-0.39, 0.29) is 5.91 Å². The van der Waals surface area contributed by atoms with Gasteiger partial charge in [-0.1, -0.05) is 18.2 Å². The zero-order valence-corrected chi connectivity index (χ0v) is 12.9. The third-order valence-corrected chi connectivity index (χ3v) is 4.59. The quantitative estimate of drug-likeness (QED) is 0.803. The highest BCUT2D eigenvalue weighted by Gasteiger charge is 2.27. The van der Waals surface area contributed by atoms with Crippen LogP contribution < -0.4 is 0 Å². The Morgan fingerprint density at radius 3 is 3.09 bits per heavy atom. The fourth-order valence-electron chi connectivity index (χ4n) is 3.30. The molecular weight excluding hydrogens is 290 g/mol. The largest absolute Gasteiger partial charge is 0.342 e. The number of aryl methyl sites for hydroxylation is 1. The summed E-state index contributed by atoms with van der Waals surface area (Å²) in [6.07, 6.45) is 5.10. The predicted octanol–water partition coefficient (Wildman–Crippen LogP) is 2.17. The van der Waals surface area contributed by atoms with Crippen molar-refractivity contribution >= 4 is 16.8 Å². The minimum Gasteiger partial charge on any atom is -0.342 e. The first kappa shape index (κ1) is 14.0. The van der Waals surface area contributed by atoms with E-state index in [2.05, 4.69) is 15.3 Å². The first-order valence-corrected chi connectivity index (χ1v) is 7.99. The topological polar surface area (TPSA) is 66.8 Å². The number of nitrogens with one attached hydrogen (secondary N) is 1. The molecule has 0 unspecified atom stereocenters. The van der Waals surface area contributed by atoms with Crippen LogP contribution in [0.2, 0.25) is 0 Å². The lowest BCUT2D eigenvalue weighted by Gasteiger charge is -2.16. The molecule has 1 aliphatic rings. The van der Waals surface area contributed by atoms with Gasteiger partial charge in [-0.3, -0.25) is 14.6 Å². The molecule has 23 heavy (non-hydrogen) atoms. The molecule has 1 aromatic carbocycles. The van der Waals surface area contributed by atoms with Crippen molar-refractivity contribution in [3.63, 3.8) is 0 Å². The predicted molar refractivity (Wildman–Crippen MR) is 86.9 cm³/mol. The highest BCUT2D eigenvalue weighted by Crippen LogP contribution is 2.26. The molecule has 0 radical (unpaired) electrons. The summed E-state index contributed by atoms with van der Waals surface area (Å²) in [5, 5.41) is 12.5. The number of H-pyrrole nitrogens is 1. The Balaban J connectivity index is 1.37. The number of amides is 1. The molecule has 0 saturated carbocycles. The second-order valence-electron chi connectivity index (χ2n) is 6.01. The van der Waals surface area contributed by atoms with Crippen LogP contribution >= 0.6 is 0 Å². The molecule has 6 heteroatoms. The molecule has 1 saturated heterocycles. The van der Waals surface area contributed by atoms with Crippen LogP contribution in [0.15, 0.2) is 42.7 Å². The molecule has 0 aliphatic carbocycles. The van der Waals surface area contributed by atoms with Gasteiger partial charge in [0.15, 0.2) is 0 Å². The number of fused-ring (bicyclic) bond motifs is 1. The fraction of sp³-hybridized carbons (Fsp3) is 0.353. The van der Waals surface area contributed by atoms with E-state index in [4.69, 9.17) is 0 Å². The average molecular weight is 309 g/mol. The van der Waals surface area contributed by atoms with Gasteiger partial charge < -0.3 is 4.90 Å². The van der Waals surface area contributed by atoms with Gasteiger partial charge in [-0.25, -0.2) is 0 Å². The van der Waals surface area contributed by atoms with Gasteiger partial charge >= 0.3 is 0 Å². The summed E-state index contributed by atoms with van der Waals surface area (Å²) in [4.78, 5) is 14.4. The number of benzene rings is 1. The molecule has 0 bridgehead atoms. The van der Waals surface area contributed by atoms with Crippen molar-refractivity contribution in [1.29, 1.82) is 0 Å². The molecule has 3 aromatic rings. The van der Waals surface area contributed by atoms with E-state index in [9.17, 15) is 4.79 Å². The molecule has 1 aliphatic heterocycles. The van der Waals surface area contributed by atoms with E-state index in [0.29, 0.717) is 18.9 Å². The average Bonchev–Trinajstić information content (AvgIpc) is 3.31. The van der Waals surface area contributed by atoms with E-state index in [1.54, 1.807) is 6.20 Å². The molecule has 1 amide bonds. The van der Waals surface area contributed by atoms with E-state index in [1.165, 1.54) is 0 Å². The van der Waals surface area contributed by atoms with Crippen molar-refractivity contribution in [2.75, 3.05) is 13.1 Å². The Hall–Kier alpha value is -2.63. The Labute approximate surface area is 134 Å². The Morgan fingerprint density at radius 1 is 1.30 bits per heavy atom. The minimum absolute atomic E-state index is 0.201. The van der Waals surface area contributed by atoms with Gasteiger partial charge in [-0.05, 0) is 18.6 Å². The van der Waals surface area contributed by atoms with Crippen LogP contribution in [-0.4, -0.2) is 43.9 Å². The van der Waals surface area contributed by atoms with E-state index >= 15 is 0 Å². The number of nitrogens with zero attached hydrogens (tertiary/aromatic N) is 4. The van der Waals surface area contributed by atoms with Crippen LogP contribution in [0.25, 0.3) is 10.9 Å². The second-order valence-corrected chi connectivity index (χ2v) is 6.01. The van der Waals surface area contributed by atoms with Gasteiger partial charge in [0.05, 0.1) is 18.3 Å². The fourth-order valence-corrected chi connectivity index (χ4v) is 3.30. The van der Waals surface area contributed by atoms with Gasteiger partial charge in [-0.15, -0.1) is 0 Å². The Morgan fingerprint density at radius 2 is 2.22 bits per heavy atom. The molecule has 1 atom stereocenters. The molecule has 6 nitrogen and oxygen atoms in total. The van der Waals surface area contributed by atoms with E-state index in [0.717, 1.165) is 36.1 Å². The van der Waals surface area contributed by atoms with Crippen LogP contribution in [0.1, 0.15) is 24.5 Å². The van der Waals surface area contributed by atoms with Gasteiger partial charge in [0.25, 0.3) is 0 Å². The SMILES string of the molecule is O=C(CCn1ncc2ccccc21)N1CC[C@H](c2ccn[nH]2)C1. The molecule has 1 fully saturated rings. The van der Waals surface area contributed by atoms with Gasteiger partial charge in [0.2, 0.25) is 5.91 Å².